The maximum atomic E-state index is 12.8. The fourth-order valence-corrected chi connectivity index (χ4v) is 3.44. The van der Waals surface area contributed by atoms with E-state index in [1.807, 2.05) is 42.2 Å². The number of benzene rings is 2. The Kier molecular flexibility index (Phi) is 4.74. The van der Waals surface area contributed by atoms with E-state index in [1.165, 1.54) is 0 Å². The van der Waals surface area contributed by atoms with E-state index in [-0.39, 0.29) is 11.7 Å². The second-order valence-corrected chi connectivity index (χ2v) is 6.21. The number of carbonyl (C=O) groups is 1. The first kappa shape index (κ1) is 16.4. The van der Waals surface area contributed by atoms with Crippen LogP contribution in [0.4, 0.5) is 0 Å². The lowest BCUT2D eigenvalue weighted by Gasteiger charge is -2.32. The number of carbonyl (C=O) groups excluding carboxylic acids is 1. The summed E-state index contributed by atoms with van der Waals surface area (Å²) >= 11 is 0. The van der Waals surface area contributed by atoms with Crippen molar-refractivity contribution in [3.63, 3.8) is 0 Å². The van der Waals surface area contributed by atoms with Crippen molar-refractivity contribution in [2.75, 3.05) is 20.2 Å². The van der Waals surface area contributed by atoms with Crippen molar-refractivity contribution in [1.29, 1.82) is 0 Å². The second kappa shape index (κ2) is 6.95. The molecule has 4 heteroatoms. The van der Waals surface area contributed by atoms with Gasteiger partial charge in [0.2, 0.25) is 0 Å². The number of nitrogens with zero attached hydrogens (tertiary/aromatic N) is 1. The Labute approximate surface area is 142 Å². The van der Waals surface area contributed by atoms with Crippen molar-refractivity contribution in [3.05, 3.63) is 53.8 Å². The number of methoxy groups -OCH3 is 1. The minimum absolute atomic E-state index is 0.0721. The van der Waals surface area contributed by atoms with Crippen LogP contribution in [-0.2, 0) is 4.74 Å². The summed E-state index contributed by atoms with van der Waals surface area (Å²) in [5, 5.41) is 11.4. The van der Waals surface area contributed by atoms with Gasteiger partial charge in [-0.2, -0.15) is 0 Å². The van der Waals surface area contributed by atoms with Crippen molar-refractivity contribution in [1.82, 2.24) is 4.90 Å². The Balaban J connectivity index is 1.72. The van der Waals surface area contributed by atoms with Gasteiger partial charge in [0.15, 0.2) is 0 Å². The summed E-state index contributed by atoms with van der Waals surface area (Å²) in [5.41, 5.74) is 0.699. The van der Waals surface area contributed by atoms with E-state index < -0.39 is 0 Å². The summed E-state index contributed by atoms with van der Waals surface area (Å²) in [7, 11) is 1.71. The number of phenols is 1. The van der Waals surface area contributed by atoms with Crippen LogP contribution in [0, 0.1) is 5.92 Å². The molecule has 0 spiro atoms. The molecule has 1 aliphatic rings. The van der Waals surface area contributed by atoms with Gasteiger partial charge in [0.1, 0.15) is 5.75 Å². The number of allylic oxidation sites excluding steroid dienone is 2. The van der Waals surface area contributed by atoms with E-state index in [0.29, 0.717) is 11.5 Å². The summed E-state index contributed by atoms with van der Waals surface area (Å²) in [5.74, 6) is 1.74. The molecule has 126 valence electrons. The fourth-order valence-electron chi connectivity index (χ4n) is 3.44. The van der Waals surface area contributed by atoms with Gasteiger partial charge in [-0.3, -0.25) is 4.79 Å². The molecule has 1 amide bonds. The van der Waals surface area contributed by atoms with Crippen LogP contribution in [0.15, 0.2) is 48.2 Å². The van der Waals surface area contributed by atoms with E-state index >= 15 is 0 Å². The van der Waals surface area contributed by atoms with Gasteiger partial charge in [0.05, 0.1) is 12.9 Å². The Morgan fingerprint density at radius 2 is 1.83 bits per heavy atom. The van der Waals surface area contributed by atoms with E-state index in [0.717, 1.165) is 42.5 Å². The number of piperidine rings is 1. The number of hydrogen-bond acceptors (Lipinski definition) is 3. The minimum atomic E-state index is 0.0721. The quantitative estimate of drug-likeness (QED) is 0.869. The minimum Gasteiger partial charge on any atom is -0.508 e. The van der Waals surface area contributed by atoms with Crippen molar-refractivity contribution in [2.24, 2.45) is 5.92 Å². The Morgan fingerprint density at radius 3 is 2.50 bits per heavy atom. The normalized spacial score (nSPS) is 16.4. The predicted octanol–water partition coefficient (Wildman–Crippen LogP) is 3.95. The Morgan fingerprint density at radius 1 is 1.17 bits per heavy atom. The molecule has 2 aromatic carbocycles. The lowest BCUT2D eigenvalue weighted by molar-refractivity contribution is 0.0678. The first-order chi connectivity index (χ1) is 11.6. The third-order valence-corrected chi connectivity index (χ3v) is 4.78. The molecule has 2 aromatic rings. The van der Waals surface area contributed by atoms with Crippen LogP contribution in [0.25, 0.3) is 10.8 Å². The highest BCUT2D eigenvalue weighted by molar-refractivity contribution is 5.98. The number of hydrogen-bond donors (Lipinski definition) is 1. The van der Waals surface area contributed by atoms with Crippen molar-refractivity contribution >= 4 is 16.7 Å². The fraction of sp³-hybridized carbons (Fsp3) is 0.350. The van der Waals surface area contributed by atoms with Gasteiger partial charge in [-0.1, -0.05) is 12.1 Å². The van der Waals surface area contributed by atoms with Gasteiger partial charge in [-0.25, -0.2) is 0 Å². The molecular weight excluding hydrogens is 302 g/mol. The van der Waals surface area contributed by atoms with Crippen molar-refractivity contribution in [3.8, 4) is 5.75 Å². The first-order valence-corrected chi connectivity index (χ1v) is 8.34. The van der Waals surface area contributed by atoms with Gasteiger partial charge in [-0.15, -0.1) is 0 Å². The van der Waals surface area contributed by atoms with Crippen LogP contribution in [0.3, 0.4) is 0 Å². The molecular formula is C20H23NO3. The molecule has 0 aromatic heterocycles. The molecule has 1 heterocycles. The number of likely N-dealkylation sites (tertiary alicyclic amines) is 1. The van der Waals surface area contributed by atoms with Crippen molar-refractivity contribution in [2.45, 2.75) is 19.8 Å². The maximum absolute atomic E-state index is 12.8. The Bertz CT molecular complexity index is 774. The lowest BCUT2D eigenvalue weighted by atomic mass is 9.94. The summed E-state index contributed by atoms with van der Waals surface area (Å²) < 4.78 is 5.41. The standard InChI is InChI=1S/C20H23NO3/c1-3-19(24-2)14-8-10-21(11-9-14)20(23)17-5-4-16-13-18(22)7-6-15(16)12-17/h3-7,12-14,22H,8-11H2,1-2H3. The number of fused-ring (bicyclic) bond motifs is 1. The van der Waals surface area contributed by atoms with Gasteiger partial charge in [0, 0.05) is 24.6 Å². The summed E-state index contributed by atoms with van der Waals surface area (Å²) in [6, 6.07) is 10.8. The van der Waals surface area contributed by atoms with E-state index in [9.17, 15) is 9.90 Å². The molecule has 0 aliphatic carbocycles. The summed E-state index contributed by atoms with van der Waals surface area (Å²) in [6.45, 7) is 3.48. The van der Waals surface area contributed by atoms with Gasteiger partial charge in [-0.05, 0) is 60.9 Å². The zero-order valence-corrected chi connectivity index (χ0v) is 14.2. The number of aromatic hydroxyl groups is 1. The average Bonchev–Trinajstić information content (AvgIpc) is 2.62. The molecule has 0 atom stereocenters. The van der Waals surface area contributed by atoms with Crippen LogP contribution in [0.5, 0.6) is 5.75 Å². The SMILES string of the molecule is CC=C(OC)C1CCN(C(=O)c2ccc3cc(O)ccc3c2)CC1. The summed E-state index contributed by atoms with van der Waals surface area (Å²) in [4.78, 5) is 14.7. The Hall–Kier alpha value is -2.49. The molecule has 24 heavy (non-hydrogen) atoms. The largest absolute Gasteiger partial charge is 0.508 e. The molecule has 0 radical (unpaired) electrons. The molecule has 1 fully saturated rings. The zero-order chi connectivity index (χ0) is 17.1. The smallest absolute Gasteiger partial charge is 0.253 e. The first-order valence-electron chi connectivity index (χ1n) is 8.34. The highest BCUT2D eigenvalue weighted by Crippen LogP contribution is 2.27. The highest BCUT2D eigenvalue weighted by atomic mass is 16.5. The van der Waals surface area contributed by atoms with Crippen LogP contribution in [0.2, 0.25) is 0 Å². The van der Waals surface area contributed by atoms with Gasteiger partial charge >= 0.3 is 0 Å². The molecule has 1 saturated heterocycles. The van der Waals surface area contributed by atoms with E-state index in [2.05, 4.69) is 0 Å². The molecule has 1 aliphatic heterocycles. The molecule has 3 rings (SSSR count). The maximum Gasteiger partial charge on any atom is 0.253 e. The zero-order valence-electron chi connectivity index (χ0n) is 14.2. The molecule has 4 nitrogen and oxygen atoms in total. The average molecular weight is 325 g/mol. The van der Waals surface area contributed by atoms with Gasteiger partial charge in [0.25, 0.3) is 5.91 Å². The number of phenolic OH excluding ortho intramolecular Hbond substituents is 1. The molecule has 1 N–H and O–H groups in total. The third kappa shape index (κ3) is 3.23. The topological polar surface area (TPSA) is 49.8 Å². The van der Waals surface area contributed by atoms with Crippen LogP contribution in [-0.4, -0.2) is 36.1 Å². The molecule has 0 unspecified atom stereocenters. The number of amides is 1. The highest BCUT2D eigenvalue weighted by Gasteiger charge is 2.26. The predicted molar refractivity (Wildman–Crippen MR) is 95.0 cm³/mol. The van der Waals surface area contributed by atoms with Crippen LogP contribution in [0.1, 0.15) is 30.1 Å². The third-order valence-electron chi connectivity index (χ3n) is 4.78. The molecule has 0 bridgehead atoms. The van der Waals surface area contributed by atoms with E-state index in [1.54, 1.807) is 19.2 Å². The number of ether oxygens (including phenoxy) is 1. The second-order valence-electron chi connectivity index (χ2n) is 6.21. The van der Waals surface area contributed by atoms with E-state index in [4.69, 9.17) is 4.74 Å². The van der Waals surface area contributed by atoms with Crippen LogP contribution < -0.4 is 0 Å². The monoisotopic (exact) mass is 325 g/mol. The van der Waals surface area contributed by atoms with Gasteiger partial charge < -0.3 is 14.7 Å². The lowest BCUT2D eigenvalue weighted by Crippen LogP contribution is -2.39. The number of rotatable bonds is 3. The van der Waals surface area contributed by atoms with Crippen molar-refractivity contribution < 1.29 is 14.6 Å². The van der Waals surface area contributed by atoms with Crippen LogP contribution >= 0.6 is 0 Å². The molecule has 0 saturated carbocycles. The summed E-state index contributed by atoms with van der Waals surface area (Å²) in [6.07, 6.45) is 3.88.